The molecule has 0 atom stereocenters. The first-order chi connectivity index (χ1) is 11.3. The van der Waals surface area contributed by atoms with Gasteiger partial charge in [0, 0.05) is 25.6 Å². The highest BCUT2D eigenvalue weighted by atomic mass is 16.5. The highest BCUT2D eigenvalue weighted by molar-refractivity contribution is 5.91. The Morgan fingerprint density at radius 2 is 2.13 bits per heavy atom. The highest BCUT2D eigenvalue weighted by Crippen LogP contribution is 2.40. The second-order valence-electron chi connectivity index (χ2n) is 5.69. The van der Waals surface area contributed by atoms with Crippen LogP contribution in [0.2, 0.25) is 0 Å². The average molecular weight is 314 g/mol. The minimum absolute atomic E-state index is 0.0828. The van der Waals surface area contributed by atoms with Gasteiger partial charge in [0.25, 0.3) is 0 Å². The number of carbonyl (C=O) groups is 1. The number of amides is 1. The van der Waals surface area contributed by atoms with Crippen LogP contribution in [0.5, 0.6) is 0 Å². The Morgan fingerprint density at radius 3 is 2.83 bits per heavy atom. The van der Waals surface area contributed by atoms with Gasteiger partial charge in [-0.3, -0.25) is 4.79 Å². The number of hydrogen-bond donors (Lipinski definition) is 2. The summed E-state index contributed by atoms with van der Waals surface area (Å²) in [5.41, 5.74) is 2.00. The molecular formula is C17H22N4O2. The zero-order valence-corrected chi connectivity index (χ0v) is 13.3. The molecule has 122 valence electrons. The summed E-state index contributed by atoms with van der Waals surface area (Å²) >= 11 is 0. The largest absolute Gasteiger partial charge is 0.383 e. The number of ether oxygens (including phenoxy) is 1. The Kier molecular flexibility index (Phi) is 5.05. The third kappa shape index (κ3) is 4.18. The van der Waals surface area contributed by atoms with Crippen molar-refractivity contribution in [2.75, 3.05) is 32.1 Å². The van der Waals surface area contributed by atoms with Gasteiger partial charge in [0.1, 0.15) is 5.82 Å². The number of nitrogens with zero attached hydrogens (tertiary/aromatic N) is 2. The summed E-state index contributed by atoms with van der Waals surface area (Å²) in [4.78, 5) is 12.1. The predicted molar refractivity (Wildman–Crippen MR) is 88.9 cm³/mol. The van der Waals surface area contributed by atoms with E-state index in [1.54, 1.807) is 11.8 Å². The first-order valence-electron chi connectivity index (χ1n) is 7.93. The molecule has 23 heavy (non-hydrogen) atoms. The van der Waals surface area contributed by atoms with Crippen LogP contribution in [-0.2, 0) is 9.53 Å². The van der Waals surface area contributed by atoms with Crippen LogP contribution in [0.25, 0.3) is 5.69 Å². The zero-order valence-electron chi connectivity index (χ0n) is 13.3. The molecule has 6 nitrogen and oxygen atoms in total. The van der Waals surface area contributed by atoms with Crippen molar-refractivity contribution in [3.05, 3.63) is 42.1 Å². The fourth-order valence-electron chi connectivity index (χ4n) is 2.40. The van der Waals surface area contributed by atoms with E-state index in [1.165, 1.54) is 12.8 Å². The fraction of sp³-hybridized carbons (Fsp3) is 0.412. The van der Waals surface area contributed by atoms with Gasteiger partial charge < -0.3 is 15.4 Å². The molecule has 0 bridgehead atoms. The minimum atomic E-state index is -0.0828. The van der Waals surface area contributed by atoms with Crippen molar-refractivity contribution in [2.24, 2.45) is 0 Å². The molecule has 1 aromatic carbocycles. The Bertz CT molecular complexity index is 650. The lowest BCUT2D eigenvalue weighted by atomic mass is 10.3. The number of methoxy groups -OCH3 is 1. The molecule has 2 aromatic rings. The van der Waals surface area contributed by atoms with Crippen molar-refractivity contribution in [3.63, 3.8) is 0 Å². The summed E-state index contributed by atoms with van der Waals surface area (Å²) in [5.74, 6) is 1.17. The van der Waals surface area contributed by atoms with Crippen LogP contribution in [0.1, 0.15) is 24.5 Å². The Hall–Kier alpha value is -2.18. The molecule has 1 aromatic heterocycles. The van der Waals surface area contributed by atoms with Gasteiger partial charge in [-0.05, 0) is 25.0 Å². The molecule has 0 saturated heterocycles. The Morgan fingerprint density at radius 1 is 1.35 bits per heavy atom. The molecule has 1 aliphatic rings. The number of anilines is 1. The number of hydrogen-bond acceptors (Lipinski definition) is 4. The number of nitrogens with one attached hydrogen (secondary N) is 2. The topological polar surface area (TPSA) is 68.2 Å². The predicted octanol–water partition coefficient (Wildman–Crippen LogP) is 1.92. The monoisotopic (exact) mass is 314 g/mol. The lowest BCUT2D eigenvalue weighted by Gasteiger charge is -2.09. The number of carbonyl (C=O) groups excluding carboxylic acids is 1. The summed E-state index contributed by atoms with van der Waals surface area (Å²) in [6.07, 6.45) is 2.36. The molecule has 0 radical (unpaired) electrons. The third-order valence-corrected chi connectivity index (χ3v) is 3.76. The van der Waals surface area contributed by atoms with Gasteiger partial charge in [-0.15, -0.1) is 0 Å². The van der Waals surface area contributed by atoms with E-state index in [4.69, 9.17) is 4.74 Å². The van der Waals surface area contributed by atoms with Crippen molar-refractivity contribution < 1.29 is 9.53 Å². The van der Waals surface area contributed by atoms with Gasteiger partial charge in [0.2, 0.25) is 5.91 Å². The standard InChI is InChI=1S/C17H22N4O2/c1-23-10-9-18-12-17(22)19-16-11-15(13-7-8-13)20-21(16)14-5-3-2-4-6-14/h2-6,11,13,18H,7-10,12H2,1H3,(H,19,22). The van der Waals surface area contributed by atoms with Crippen LogP contribution in [0.4, 0.5) is 5.82 Å². The van der Waals surface area contributed by atoms with E-state index in [-0.39, 0.29) is 12.5 Å². The van der Waals surface area contributed by atoms with Gasteiger partial charge in [-0.1, -0.05) is 18.2 Å². The van der Waals surface area contributed by atoms with Crippen LogP contribution >= 0.6 is 0 Å². The van der Waals surface area contributed by atoms with Crippen molar-refractivity contribution in [2.45, 2.75) is 18.8 Å². The van der Waals surface area contributed by atoms with E-state index in [9.17, 15) is 4.79 Å². The van der Waals surface area contributed by atoms with Gasteiger partial charge in [-0.2, -0.15) is 5.10 Å². The van der Waals surface area contributed by atoms with E-state index in [2.05, 4.69) is 15.7 Å². The van der Waals surface area contributed by atoms with Crippen LogP contribution in [0, 0.1) is 0 Å². The lowest BCUT2D eigenvalue weighted by Crippen LogP contribution is -2.30. The van der Waals surface area contributed by atoms with E-state index in [0.29, 0.717) is 19.1 Å². The second kappa shape index (κ2) is 7.39. The number of benzene rings is 1. The summed E-state index contributed by atoms with van der Waals surface area (Å²) in [7, 11) is 1.64. The molecule has 1 aliphatic carbocycles. The molecule has 2 N–H and O–H groups in total. The minimum Gasteiger partial charge on any atom is -0.383 e. The van der Waals surface area contributed by atoms with Gasteiger partial charge in [-0.25, -0.2) is 4.68 Å². The normalized spacial score (nSPS) is 14.0. The average Bonchev–Trinajstić information content (AvgIpc) is 3.34. The van der Waals surface area contributed by atoms with E-state index in [0.717, 1.165) is 17.2 Å². The Balaban J connectivity index is 1.71. The first-order valence-corrected chi connectivity index (χ1v) is 7.93. The summed E-state index contributed by atoms with van der Waals surface area (Å²) in [6.45, 7) is 1.48. The van der Waals surface area contributed by atoms with Gasteiger partial charge in [0.05, 0.1) is 24.5 Å². The van der Waals surface area contributed by atoms with Gasteiger partial charge in [0.15, 0.2) is 0 Å². The SMILES string of the molecule is COCCNCC(=O)Nc1cc(C2CC2)nn1-c1ccccc1. The van der Waals surface area contributed by atoms with Crippen molar-refractivity contribution in [3.8, 4) is 5.69 Å². The summed E-state index contributed by atoms with van der Waals surface area (Å²) in [5, 5.41) is 10.7. The maximum absolute atomic E-state index is 12.1. The molecule has 6 heteroatoms. The molecule has 1 fully saturated rings. The highest BCUT2D eigenvalue weighted by Gasteiger charge is 2.27. The smallest absolute Gasteiger partial charge is 0.239 e. The summed E-state index contributed by atoms with van der Waals surface area (Å²) < 4.78 is 6.75. The van der Waals surface area contributed by atoms with E-state index < -0.39 is 0 Å². The van der Waals surface area contributed by atoms with Crippen LogP contribution < -0.4 is 10.6 Å². The first kappa shape index (κ1) is 15.7. The van der Waals surface area contributed by atoms with Crippen molar-refractivity contribution in [1.29, 1.82) is 0 Å². The molecule has 1 heterocycles. The maximum atomic E-state index is 12.1. The number of para-hydroxylation sites is 1. The maximum Gasteiger partial charge on any atom is 0.239 e. The second-order valence-corrected chi connectivity index (χ2v) is 5.69. The fourth-order valence-corrected chi connectivity index (χ4v) is 2.40. The molecule has 0 spiro atoms. The molecule has 0 unspecified atom stereocenters. The zero-order chi connectivity index (χ0) is 16.1. The molecule has 1 amide bonds. The quantitative estimate of drug-likeness (QED) is 0.731. The van der Waals surface area contributed by atoms with E-state index >= 15 is 0 Å². The van der Waals surface area contributed by atoms with Crippen molar-refractivity contribution >= 4 is 11.7 Å². The molecule has 1 saturated carbocycles. The van der Waals surface area contributed by atoms with E-state index in [1.807, 2.05) is 36.4 Å². The van der Waals surface area contributed by atoms with Gasteiger partial charge >= 0.3 is 0 Å². The van der Waals surface area contributed by atoms with Crippen LogP contribution in [0.15, 0.2) is 36.4 Å². The summed E-state index contributed by atoms with van der Waals surface area (Å²) in [6, 6.07) is 11.8. The number of aromatic nitrogens is 2. The lowest BCUT2D eigenvalue weighted by molar-refractivity contribution is -0.115. The van der Waals surface area contributed by atoms with Crippen molar-refractivity contribution in [1.82, 2.24) is 15.1 Å². The van der Waals surface area contributed by atoms with Crippen LogP contribution in [-0.4, -0.2) is 42.5 Å². The molecule has 0 aliphatic heterocycles. The number of rotatable bonds is 8. The molecule has 3 rings (SSSR count). The molecular weight excluding hydrogens is 292 g/mol. The third-order valence-electron chi connectivity index (χ3n) is 3.76. The van der Waals surface area contributed by atoms with Crippen LogP contribution in [0.3, 0.4) is 0 Å². The Labute approximate surface area is 135 Å².